The van der Waals surface area contributed by atoms with Gasteiger partial charge in [0.05, 0.1) is 18.2 Å². The van der Waals surface area contributed by atoms with Gasteiger partial charge in [-0.05, 0) is 50.2 Å². The molecule has 1 aromatic carbocycles. The quantitative estimate of drug-likeness (QED) is 0.824. The number of hydrogen-bond acceptors (Lipinski definition) is 4. The van der Waals surface area contributed by atoms with E-state index in [1.807, 2.05) is 30.3 Å². The van der Waals surface area contributed by atoms with Crippen LogP contribution in [-0.2, 0) is 16.1 Å². The maximum absolute atomic E-state index is 12.9. The Bertz CT molecular complexity index is 828. The minimum atomic E-state index is -1.13. The van der Waals surface area contributed by atoms with E-state index in [4.69, 9.17) is 11.6 Å². The van der Waals surface area contributed by atoms with Gasteiger partial charge in [-0.15, -0.1) is 0 Å². The first-order chi connectivity index (χ1) is 12.8. The molecular weight excluding hydrogens is 366 g/mol. The van der Waals surface area contributed by atoms with Crippen LogP contribution in [0.15, 0.2) is 48.7 Å². The molecule has 7 heteroatoms. The van der Waals surface area contributed by atoms with E-state index in [9.17, 15) is 14.7 Å². The van der Waals surface area contributed by atoms with E-state index in [1.54, 1.807) is 37.2 Å². The lowest BCUT2D eigenvalue weighted by Gasteiger charge is -2.32. The number of benzene rings is 1. The van der Waals surface area contributed by atoms with Crippen molar-refractivity contribution in [1.82, 2.24) is 15.2 Å². The number of carbonyl (C=O) groups excluding carboxylic acids is 1. The summed E-state index contributed by atoms with van der Waals surface area (Å²) in [5.41, 5.74) is 0.489. The van der Waals surface area contributed by atoms with Crippen molar-refractivity contribution in [3.63, 3.8) is 0 Å². The lowest BCUT2D eigenvalue weighted by Crippen LogP contribution is -2.46. The maximum atomic E-state index is 12.9. The summed E-state index contributed by atoms with van der Waals surface area (Å²) >= 11 is 5.98. The van der Waals surface area contributed by atoms with Gasteiger partial charge < -0.3 is 10.4 Å². The predicted octanol–water partition coefficient (Wildman–Crippen LogP) is 2.89. The van der Waals surface area contributed by atoms with Gasteiger partial charge in [-0.1, -0.05) is 29.8 Å². The number of carboxylic acid groups (broad SMARTS) is 1. The van der Waals surface area contributed by atoms with Crippen molar-refractivity contribution in [2.45, 2.75) is 31.5 Å². The van der Waals surface area contributed by atoms with E-state index in [0.29, 0.717) is 11.6 Å². The van der Waals surface area contributed by atoms with Gasteiger partial charge in [0.2, 0.25) is 5.91 Å². The summed E-state index contributed by atoms with van der Waals surface area (Å²) in [6.07, 6.45) is 1.89. The van der Waals surface area contributed by atoms with Gasteiger partial charge in [0.25, 0.3) is 0 Å². The number of carboxylic acids is 1. The van der Waals surface area contributed by atoms with Gasteiger partial charge in [0, 0.05) is 17.3 Å². The molecule has 1 saturated heterocycles. The first-order valence-electron chi connectivity index (χ1n) is 8.72. The summed E-state index contributed by atoms with van der Waals surface area (Å²) in [6, 6.07) is 12.3. The van der Waals surface area contributed by atoms with Crippen LogP contribution in [0.3, 0.4) is 0 Å². The second kappa shape index (κ2) is 7.66. The normalized spacial score (nSPS) is 25.3. The highest BCUT2D eigenvalue weighted by atomic mass is 35.5. The molecule has 0 bridgehead atoms. The summed E-state index contributed by atoms with van der Waals surface area (Å²) in [7, 11) is 1.75. The SMILES string of the molecule is CN1[C@H](c2ccc(Cl)cc2)[C@H](C(=O)NCc2ccccn2)C[C@]1(C)C(=O)O. The summed E-state index contributed by atoms with van der Waals surface area (Å²) in [6.45, 7) is 1.96. The highest BCUT2D eigenvalue weighted by Crippen LogP contribution is 2.46. The van der Waals surface area contributed by atoms with Crippen LogP contribution in [-0.4, -0.2) is 39.5 Å². The van der Waals surface area contributed by atoms with Gasteiger partial charge in [0.1, 0.15) is 5.54 Å². The highest BCUT2D eigenvalue weighted by Gasteiger charge is 2.54. The smallest absolute Gasteiger partial charge is 0.323 e. The molecule has 0 radical (unpaired) electrons. The average molecular weight is 388 g/mol. The zero-order chi connectivity index (χ0) is 19.6. The van der Waals surface area contributed by atoms with Crippen LogP contribution in [0, 0.1) is 5.92 Å². The van der Waals surface area contributed by atoms with Crippen molar-refractivity contribution in [2.75, 3.05) is 7.05 Å². The van der Waals surface area contributed by atoms with Crippen LogP contribution in [0.2, 0.25) is 5.02 Å². The van der Waals surface area contributed by atoms with Crippen molar-refractivity contribution in [3.8, 4) is 0 Å². The van der Waals surface area contributed by atoms with E-state index < -0.39 is 17.4 Å². The Morgan fingerprint density at radius 3 is 2.59 bits per heavy atom. The number of hydrogen-bond donors (Lipinski definition) is 2. The monoisotopic (exact) mass is 387 g/mol. The van der Waals surface area contributed by atoms with Crippen molar-refractivity contribution in [1.29, 1.82) is 0 Å². The number of rotatable bonds is 5. The minimum Gasteiger partial charge on any atom is -0.480 e. The van der Waals surface area contributed by atoms with Gasteiger partial charge in [-0.2, -0.15) is 0 Å². The van der Waals surface area contributed by atoms with Gasteiger partial charge in [-0.3, -0.25) is 19.5 Å². The fourth-order valence-electron chi connectivity index (χ4n) is 3.66. The Kier molecular flexibility index (Phi) is 5.48. The van der Waals surface area contributed by atoms with Crippen molar-refractivity contribution in [2.24, 2.45) is 5.92 Å². The molecule has 0 aliphatic carbocycles. The Hall–Kier alpha value is -2.44. The molecule has 2 N–H and O–H groups in total. The molecule has 6 nitrogen and oxygen atoms in total. The van der Waals surface area contributed by atoms with Crippen LogP contribution in [0.1, 0.15) is 30.6 Å². The van der Waals surface area contributed by atoms with Crippen LogP contribution < -0.4 is 5.32 Å². The summed E-state index contributed by atoms with van der Waals surface area (Å²) < 4.78 is 0. The summed E-state index contributed by atoms with van der Waals surface area (Å²) in [5.74, 6) is -1.62. The summed E-state index contributed by atoms with van der Waals surface area (Å²) in [4.78, 5) is 30.8. The van der Waals surface area contributed by atoms with E-state index >= 15 is 0 Å². The van der Waals surface area contributed by atoms with Gasteiger partial charge >= 0.3 is 5.97 Å². The van der Waals surface area contributed by atoms with Crippen LogP contribution in [0.4, 0.5) is 0 Å². The first-order valence-corrected chi connectivity index (χ1v) is 9.10. The van der Waals surface area contributed by atoms with E-state index in [1.165, 1.54) is 0 Å². The Morgan fingerprint density at radius 1 is 1.30 bits per heavy atom. The number of amides is 1. The predicted molar refractivity (Wildman–Crippen MR) is 102 cm³/mol. The van der Waals surface area contributed by atoms with E-state index in [2.05, 4.69) is 10.3 Å². The molecule has 1 aliphatic rings. The number of likely N-dealkylation sites (tertiary alicyclic amines) is 1. The van der Waals surface area contributed by atoms with Crippen LogP contribution in [0.25, 0.3) is 0 Å². The molecular formula is C20H22ClN3O3. The molecule has 1 fully saturated rings. The number of aliphatic carboxylic acids is 1. The molecule has 1 aromatic heterocycles. The van der Waals surface area contributed by atoms with Crippen LogP contribution in [0.5, 0.6) is 0 Å². The molecule has 3 atom stereocenters. The highest BCUT2D eigenvalue weighted by molar-refractivity contribution is 6.30. The third kappa shape index (κ3) is 3.82. The van der Waals surface area contributed by atoms with Crippen LogP contribution >= 0.6 is 11.6 Å². The van der Waals surface area contributed by atoms with Gasteiger partial charge in [0.15, 0.2) is 0 Å². The zero-order valence-electron chi connectivity index (χ0n) is 15.2. The van der Waals surface area contributed by atoms with E-state index in [0.717, 1.165) is 11.3 Å². The minimum absolute atomic E-state index is 0.183. The Morgan fingerprint density at radius 2 is 2.00 bits per heavy atom. The maximum Gasteiger partial charge on any atom is 0.323 e. The number of likely N-dealkylation sites (N-methyl/N-ethyl adjacent to an activating group) is 1. The number of nitrogens with one attached hydrogen (secondary N) is 1. The molecule has 1 amide bonds. The molecule has 142 valence electrons. The zero-order valence-corrected chi connectivity index (χ0v) is 16.0. The number of aromatic nitrogens is 1. The lowest BCUT2D eigenvalue weighted by atomic mass is 9.89. The molecule has 3 rings (SSSR count). The van der Waals surface area contributed by atoms with E-state index in [-0.39, 0.29) is 18.4 Å². The molecule has 0 saturated carbocycles. The lowest BCUT2D eigenvalue weighted by molar-refractivity contribution is -0.148. The molecule has 0 unspecified atom stereocenters. The second-order valence-electron chi connectivity index (χ2n) is 7.04. The Labute approximate surface area is 163 Å². The number of pyridine rings is 1. The van der Waals surface area contributed by atoms with Crippen molar-refractivity contribution in [3.05, 3.63) is 64.9 Å². The standard InChI is InChI=1S/C20H22ClN3O3/c1-20(19(26)27)11-16(18(25)23-12-15-5-3-4-10-22-15)17(24(20)2)13-6-8-14(21)9-7-13/h3-10,16-17H,11-12H2,1-2H3,(H,23,25)(H,26,27)/t16-,17-,20-/m1/s1. The number of carbonyl (C=O) groups is 2. The third-order valence-electron chi connectivity index (χ3n) is 5.37. The molecule has 2 heterocycles. The molecule has 27 heavy (non-hydrogen) atoms. The second-order valence-corrected chi connectivity index (χ2v) is 7.47. The topological polar surface area (TPSA) is 82.5 Å². The van der Waals surface area contributed by atoms with Gasteiger partial charge in [-0.25, -0.2) is 0 Å². The van der Waals surface area contributed by atoms with Crippen molar-refractivity contribution >= 4 is 23.5 Å². The number of halogens is 1. The third-order valence-corrected chi connectivity index (χ3v) is 5.63. The molecule has 0 spiro atoms. The molecule has 1 aliphatic heterocycles. The molecule has 2 aromatic rings. The Balaban J connectivity index is 1.86. The first kappa shape index (κ1) is 19.3. The largest absolute Gasteiger partial charge is 0.480 e. The number of nitrogens with zero attached hydrogens (tertiary/aromatic N) is 2. The fraction of sp³-hybridized carbons (Fsp3) is 0.350. The summed E-state index contributed by atoms with van der Waals surface area (Å²) in [5, 5.41) is 13.3. The fourth-order valence-corrected chi connectivity index (χ4v) is 3.79. The average Bonchev–Trinajstić information content (AvgIpc) is 2.94. The van der Waals surface area contributed by atoms with Crippen molar-refractivity contribution < 1.29 is 14.7 Å².